The van der Waals surface area contributed by atoms with Crippen LogP contribution in [0.3, 0.4) is 0 Å². The van der Waals surface area contributed by atoms with Crippen LogP contribution in [-0.4, -0.2) is 22.9 Å². The summed E-state index contributed by atoms with van der Waals surface area (Å²) in [6.07, 6.45) is -0.202. The number of carbonyl (C=O) groups is 3. The Bertz CT molecular complexity index is 468. The van der Waals surface area contributed by atoms with Crippen LogP contribution < -0.4 is 10.6 Å². The summed E-state index contributed by atoms with van der Waals surface area (Å²) < 4.78 is 0. The maximum absolute atomic E-state index is 11.3. The van der Waals surface area contributed by atoms with Crippen LogP contribution in [0.1, 0.15) is 25.3 Å². The molecule has 0 spiro atoms. The smallest absolute Gasteiger partial charge is 0.303 e. The van der Waals surface area contributed by atoms with E-state index in [4.69, 9.17) is 5.11 Å². The number of hydrogen-bond acceptors (Lipinski definition) is 3. The van der Waals surface area contributed by atoms with Gasteiger partial charge < -0.3 is 15.7 Å². The van der Waals surface area contributed by atoms with Crippen molar-refractivity contribution < 1.29 is 19.5 Å². The lowest BCUT2D eigenvalue weighted by atomic mass is 10.2. The Morgan fingerprint density at radius 2 is 1.74 bits per heavy atom. The average molecular weight is 264 g/mol. The first-order chi connectivity index (χ1) is 8.97. The summed E-state index contributed by atoms with van der Waals surface area (Å²) in [6.45, 7) is 1.76. The van der Waals surface area contributed by atoms with Crippen LogP contribution in [-0.2, 0) is 20.9 Å². The number of nitrogens with one attached hydrogen (secondary N) is 2. The number of amides is 2. The van der Waals surface area contributed by atoms with Crippen LogP contribution in [0.4, 0.5) is 5.69 Å². The van der Waals surface area contributed by atoms with Gasteiger partial charge in [-0.2, -0.15) is 0 Å². The van der Waals surface area contributed by atoms with Gasteiger partial charge in [-0.3, -0.25) is 14.4 Å². The van der Waals surface area contributed by atoms with Gasteiger partial charge in [0.05, 0.1) is 6.42 Å². The maximum atomic E-state index is 11.3. The molecule has 1 aromatic carbocycles. The molecule has 3 N–H and O–H groups in total. The summed E-state index contributed by atoms with van der Waals surface area (Å²) in [5.41, 5.74) is 1.56. The van der Waals surface area contributed by atoms with Crippen LogP contribution >= 0.6 is 0 Å². The first kappa shape index (κ1) is 14.7. The summed E-state index contributed by atoms with van der Waals surface area (Å²) in [5.74, 6) is -1.43. The number of rotatable bonds is 6. The van der Waals surface area contributed by atoms with Crippen molar-refractivity contribution in [2.24, 2.45) is 0 Å². The fourth-order valence-electron chi connectivity index (χ4n) is 1.42. The lowest BCUT2D eigenvalue weighted by Gasteiger charge is -2.06. The first-order valence-corrected chi connectivity index (χ1v) is 5.82. The molecule has 0 saturated heterocycles. The largest absolute Gasteiger partial charge is 0.481 e. The predicted molar refractivity (Wildman–Crippen MR) is 69.5 cm³/mol. The molecule has 0 unspecified atom stereocenters. The van der Waals surface area contributed by atoms with E-state index < -0.39 is 5.97 Å². The van der Waals surface area contributed by atoms with Gasteiger partial charge in [0, 0.05) is 25.6 Å². The summed E-state index contributed by atoms with van der Waals surface area (Å²) in [7, 11) is 0. The lowest BCUT2D eigenvalue weighted by Crippen LogP contribution is -2.23. The van der Waals surface area contributed by atoms with Crippen molar-refractivity contribution in [3.8, 4) is 0 Å². The fourth-order valence-corrected chi connectivity index (χ4v) is 1.42. The van der Waals surface area contributed by atoms with Gasteiger partial charge in [-0.1, -0.05) is 12.1 Å². The molecule has 2 amide bonds. The summed E-state index contributed by atoms with van der Waals surface area (Å²) >= 11 is 0. The molecule has 6 nitrogen and oxygen atoms in total. The number of carbonyl (C=O) groups excluding carboxylic acids is 2. The number of hydrogen-bond donors (Lipinski definition) is 3. The Hall–Kier alpha value is -2.37. The van der Waals surface area contributed by atoms with Crippen molar-refractivity contribution in [3.05, 3.63) is 29.8 Å². The molecule has 0 aromatic heterocycles. The standard InChI is InChI=1S/C13H16N2O4/c1-9(16)15-11-4-2-10(3-5-11)8-14-12(17)6-7-13(18)19/h2-5H,6-8H2,1H3,(H,14,17)(H,15,16)(H,18,19). The molecule has 0 bridgehead atoms. The lowest BCUT2D eigenvalue weighted by molar-refractivity contribution is -0.138. The van der Waals surface area contributed by atoms with E-state index in [-0.39, 0.29) is 24.7 Å². The zero-order chi connectivity index (χ0) is 14.3. The highest BCUT2D eigenvalue weighted by Crippen LogP contribution is 2.09. The zero-order valence-corrected chi connectivity index (χ0v) is 10.6. The van der Waals surface area contributed by atoms with Gasteiger partial charge in [0.25, 0.3) is 0 Å². The molecule has 1 rings (SSSR count). The van der Waals surface area contributed by atoms with Crippen molar-refractivity contribution in [3.63, 3.8) is 0 Å². The van der Waals surface area contributed by atoms with Crippen molar-refractivity contribution >= 4 is 23.5 Å². The summed E-state index contributed by atoms with van der Waals surface area (Å²) in [5, 5.41) is 13.7. The van der Waals surface area contributed by atoms with Crippen molar-refractivity contribution in [1.82, 2.24) is 5.32 Å². The second-order valence-electron chi connectivity index (χ2n) is 4.05. The van der Waals surface area contributed by atoms with Crippen molar-refractivity contribution in [2.45, 2.75) is 26.3 Å². The van der Waals surface area contributed by atoms with Crippen LogP contribution in [0, 0.1) is 0 Å². The van der Waals surface area contributed by atoms with Gasteiger partial charge >= 0.3 is 5.97 Å². The highest BCUT2D eigenvalue weighted by atomic mass is 16.4. The Morgan fingerprint density at radius 3 is 2.26 bits per heavy atom. The highest BCUT2D eigenvalue weighted by Gasteiger charge is 2.05. The van der Waals surface area contributed by atoms with E-state index in [1.54, 1.807) is 24.3 Å². The molecule has 0 aliphatic rings. The number of aliphatic carboxylic acids is 1. The number of carboxylic acids is 1. The van der Waals surface area contributed by atoms with E-state index in [0.29, 0.717) is 12.2 Å². The third-order valence-electron chi connectivity index (χ3n) is 2.33. The molecule has 1 aromatic rings. The average Bonchev–Trinajstić information content (AvgIpc) is 2.35. The molecular weight excluding hydrogens is 248 g/mol. The fraction of sp³-hybridized carbons (Fsp3) is 0.308. The minimum atomic E-state index is -0.991. The number of anilines is 1. The normalized spacial score (nSPS) is 9.74. The molecule has 0 aliphatic carbocycles. The van der Waals surface area contributed by atoms with Crippen molar-refractivity contribution in [1.29, 1.82) is 0 Å². The summed E-state index contributed by atoms with van der Waals surface area (Å²) in [4.78, 5) is 32.4. The van der Waals surface area contributed by atoms with E-state index in [1.807, 2.05) is 0 Å². The number of carboxylic acid groups (broad SMARTS) is 1. The molecular formula is C13H16N2O4. The van der Waals surface area contributed by atoms with Gasteiger partial charge in [0.1, 0.15) is 0 Å². The molecule has 0 heterocycles. The second-order valence-corrected chi connectivity index (χ2v) is 4.05. The molecule has 0 saturated carbocycles. The quantitative estimate of drug-likeness (QED) is 0.717. The van der Waals surface area contributed by atoms with E-state index in [9.17, 15) is 14.4 Å². The molecule has 102 valence electrons. The van der Waals surface area contributed by atoms with Gasteiger partial charge in [-0.25, -0.2) is 0 Å². The second kappa shape index (κ2) is 7.15. The zero-order valence-electron chi connectivity index (χ0n) is 10.6. The third-order valence-corrected chi connectivity index (χ3v) is 2.33. The molecule has 6 heteroatoms. The van der Waals surface area contributed by atoms with E-state index >= 15 is 0 Å². The van der Waals surface area contributed by atoms with Crippen LogP contribution in [0.25, 0.3) is 0 Å². The molecule has 0 aliphatic heterocycles. The molecule has 0 fully saturated rings. The molecule has 19 heavy (non-hydrogen) atoms. The summed E-state index contributed by atoms with van der Waals surface area (Å²) in [6, 6.07) is 7.03. The third kappa shape index (κ3) is 6.21. The van der Waals surface area contributed by atoms with Gasteiger partial charge in [0.2, 0.25) is 11.8 Å². The minimum absolute atomic E-state index is 0.0285. The Morgan fingerprint density at radius 1 is 1.11 bits per heavy atom. The number of benzene rings is 1. The van der Waals surface area contributed by atoms with E-state index in [0.717, 1.165) is 5.56 Å². The Labute approximate surface area is 110 Å². The molecule has 0 radical (unpaired) electrons. The minimum Gasteiger partial charge on any atom is -0.481 e. The highest BCUT2D eigenvalue weighted by molar-refractivity contribution is 5.88. The monoisotopic (exact) mass is 264 g/mol. The van der Waals surface area contributed by atoms with Crippen LogP contribution in [0.2, 0.25) is 0 Å². The van der Waals surface area contributed by atoms with Gasteiger partial charge in [0.15, 0.2) is 0 Å². The Kier molecular flexibility index (Phi) is 5.53. The topological polar surface area (TPSA) is 95.5 Å². The Balaban J connectivity index is 2.39. The SMILES string of the molecule is CC(=O)Nc1ccc(CNC(=O)CCC(=O)O)cc1. The van der Waals surface area contributed by atoms with Crippen LogP contribution in [0.5, 0.6) is 0 Å². The molecule has 0 atom stereocenters. The first-order valence-electron chi connectivity index (χ1n) is 5.82. The van der Waals surface area contributed by atoms with Gasteiger partial charge in [-0.15, -0.1) is 0 Å². The van der Waals surface area contributed by atoms with Crippen molar-refractivity contribution in [2.75, 3.05) is 5.32 Å². The predicted octanol–water partition coefficient (Wildman–Crippen LogP) is 1.13. The van der Waals surface area contributed by atoms with Gasteiger partial charge in [-0.05, 0) is 17.7 Å². The van der Waals surface area contributed by atoms with E-state index in [1.165, 1.54) is 6.92 Å². The maximum Gasteiger partial charge on any atom is 0.303 e. The van der Waals surface area contributed by atoms with E-state index in [2.05, 4.69) is 10.6 Å². The van der Waals surface area contributed by atoms with Crippen LogP contribution in [0.15, 0.2) is 24.3 Å².